The van der Waals surface area contributed by atoms with Gasteiger partial charge in [0.2, 0.25) is 12.7 Å². The fourth-order valence-corrected chi connectivity index (χ4v) is 4.45. The number of aromatic nitrogens is 2. The Morgan fingerprint density at radius 1 is 1.15 bits per heavy atom. The molecule has 5 rings (SSSR count). The van der Waals surface area contributed by atoms with Crippen molar-refractivity contribution >= 4 is 40.1 Å². The van der Waals surface area contributed by atoms with Crippen molar-refractivity contribution in [2.45, 2.75) is 17.3 Å². The van der Waals surface area contributed by atoms with E-state index in [1.165, 1.54) is 36.0 Å². The van der Waals surface area contributed by atoms with E-state index in [4.69, 9.17) is 9.47 Å². The molecule has 0 spiro atoms. The van der Waals surface area contributed by atoms with Gasteiger partial charge >= 0.3 is 0 Å². The molecule has 172 valence electrons. The molecule has 4 aromatic rings. The van der Waals surface area contributed by atoms with Gasteiger partial charge in [-0.3, -0.25) is 19.5 Å². The number of nitrogens with one attached hydrogen (secondary N) is 1. The van der Waals surface area contributed by atoms with Crippen LogP contribution in [0.1, 0.15) is 6.92 Å². The molecule has 34 heavy (non-hydrogen) atoms. The van der Waals surface area contributed by atoms with Crippen LogP contribution in [0.25, 0.3) is 16.7 Å². The summed E-state index contributed by atoms with van der Waals surface area (Å²) in [6.07, 6.45) is 0. The Bertz CT molecular complexity index is 1420. The number of non-ortho nitro benzene ring substituents is 1. The number of anilines is 1. The van der Waals surface area contributed by atoms with Crippen LogP contribution in [-0.4, -0.2) is 32.4 Å². The molecule has 0 unspecified atom stereocenters. The van der Waals surface area contributed by atoms with Crippen LogP contribution < -0.4 is 14.8 Å². The summed E-state index contributed by atoms with van der Waals surface area (Å²) in [7, 11) is 0. The lowest BCUT2D eigenvalue weighted by atomic mass is 10.2. The van der Waals surface area contributed by atoms with Crippen LogP contribution in [0.15, 0.2) is 65.8 Å². The minimum atomic E-state index is -0.573. The van der Waals surface area contributed by atoms with Crippen molar-refractivity contribution in [2.75, 3.05) is 12.1 Å². The average Bonchev–Trinajstić information content (AvgIpc) is 3.42. The van der Waals surface area contributed by atoms with Gasteiger partial charge in [-0.05, 0) is 49.4 Å². The molecular formula is C23H17FN4O5S. The van der Waals surface area contributed by atoms with Crippen molar-refractivity contribution in [3.63, 3.8) is 0 Å². The first-order chi connectivity index (χ1) is 16.4. The van der Waals surface area contributed by atoms with Crippen molar-refractivity contribution in [3.8, 4) is 17.2 Å². The number of benzene rings is 3. The molecule has 9 nitrogen and oxygen atoms in total. The van der Waals surface area contributed by atoms with Crippen molar-refractivity contribution in [1.82, 2.24) is 9.55 Å². The number of halogens is 1. The first-order valence-corrected chi connectivity index (χ1v) is 11.1. The van der Waals surface area contributed by atoms with Crippen LogP contribution in [-0.2, 0) is 4.79 Å². The summed E-state index contributed by atoms with van der Waals surface area (Å²) in [5.41, 5.74) is 2.07. The Labute approximate surface area is 196 Å². The van der Waals surface area contributed by atoms with Gasteiger partial charge in [0.1, 0.15) is 5.82 Å². The molecule has 1 aromatic heterocycles. The normalized spacial score (nSPS) is 13.1. The van der Waals surface area contributed by atoms with Crippen molar-refractivity contribution in [2.24, 2.45) is 0 Å². The van der Waals surface area contributed by atoms with Crippen LogP contribution in [0.3, 0.4) is 0 Å². The fourth-order valence-electron chi connectivity index (χ4n) is 3.51. The number of carbonyl (C=O) groups excluding carboxylic acids is 1. The summed E-state index contributed by atoms with van der Waals surface area (Å²) >= 11 is 1.18. The molecule has 3 aromatic carbocycles. The van der Waals surface area contributed by atoms with E-state index in [0.29, 0.717) is 39.1 Å². The van der Waals surface area contributed by atoms with Gasteiger partial charge in [0.25, 0.3) is 5.69 Å². The van der Waals surface area contributed by atoms with Gasteiger partial charge in [-0.2, -0.15) is 0 Å². The number of nitrogens with zero attached hydrogens (tertiary/aromatic N) is 3. The average molecular weight is 480 g/mol. The molecule has 0 radical (unpaired) electrons. The Morgan fingerprint density at radius 2 is 1.91 bits per heavy atom. The number of amides is 1. The number of nitro benzene ring substituents is 1. The number of hydrogen-bond acceptors (Lipinski definition) is 7. The number of carbonyl (C=O) groups is 1. The Hall–Kier alpha value is -4.12. The Balaban J connectivity index is 1.45. The maximum absolute atomic E-state index is 13.5. The van der Waals surface area contributed by atoms with Gasteiger partial charge in [-0.25, -0.2) is 9.37 Å². The third-order valence-electron chi connectivity index (χ3n) is 5.19. The van der Waals surface area contributed by atoms with E-state index in [1.54, 1.807) is 47.9 Å². The zero-order valence-electron chi connectivity index (χ0n) is 17.7. The molecule has 1 N–H and O–H groups in total. The third-order valence-corrected chi connectivity index (χ3v) is 6.25. The number of imidazole rings is 1. The molecule has 1 amide bonds. The highest BCUT2D eigenvalue weighted by Crippen LogP contribution is 2.35. The van der Waals surface area contributed by atoms with Crippen LogP contribution >= 0.6 is 11.8 Å². The number of ether oxygens (including phenoxy) is 2. The Morgan fingerprint density at radius 3 is 2.68 bits per heavy atom. The molecule has 0 saturated carbocycles. The van der Waals surface area contributed by atoms with E-state index in [1.807, 2.05) is 0 Å². The first-order valence-electron chi connectivity index (χ1n) is 10.2. The number of fused-ring (bicyclic) bond motifs is 2. The van der Waals surface area contributed by atoms with Gasteiger partial charge in [-0.1, -0.05) is 11.8 Å². The number of hydrogen-bond donors (Lipinski definition) is 1. The molecule has 0 saturated heterocycles. The second-order valence-corrected chi connectivity index (χ2v) is 8.76. The second-order valence-electron chi connectivity index (χ2n) is 7.45. The minimum absolute atomic E-state index is 0.0959. The smallest absolute Gasteiger partial charge is 0.271 e. The topological polar surface area (TPSA) is 109 Å². The van der Waals surface area contributed by atoms with E-state index >= 15 is 0 Å². The van der Waals surface area contributed by atoms with Gasteiger partial charge in [0, 0.05) is 29.6 Å². The predicted molar refractivity (Wildman–Crippen MR) is 124 cm³/mol. The summed E-state index contributed by atoms with van der Waals surface area (Å²) in [6.45, 7) is 1.86. The molecule has 0 aliphatic carbocycles. The standard InChI is InChI=1S/C23H17FN4O5S/c1-13(22(29)25-15-4-9-20-21(10-15)33-12-32-20)34-23-26-18-11-17(28(30)31)7-8-19(18)27(23)16-5-2-14(24)3-6-16/h2-11,13H,12H2,1H3,(H,25,29)/t13-/m0/s1. The van der Waals surface area contributed by atoms with E-state index in [2.05, 4.69) is 10.3 Å². The third kappa shape index (κ3) is 4.13. The van der Waals surface area contributed by atoms with Crippen LogP contribution in [0.2, 0.25) is 0 Å². The Kier molecular flexibility index (Phi) is 5.54. The monoisotopic (exact) mass is 480 g/mol. The fraction of sp³-hybridized carbons (Fsp3) is 0.130. The number of rotatable bonds is 6. The van der Waals surface area contributed by atoms with E-state index in [-0.39, 0.29) is 18.4 Å². The van der Waals surface area contributed by atoms with Crippen LogP contribution in [0.4, 0.5) is 15.8 Å². The summed E-state index contributed by atoms with van der Waals surface area (Å²) < 4.78 is 25.9. The molecule has 2 heterocycles. The molecular weight excluding hydrogens is 463 g/mol. The molecule has 11 heteroatoms. The number of thioether (sulfide) groups is 1. The largest absolute Gasteiger partial charge is 0.454 e. The van der Waals surface area contributed by atoms with Crippen molar-refractivity contribution in [3.05, 3.63) is 76.6 Å². The SMILES string of the molecule is C[C@H](Sc1nc2cc([N+](=O)[O-])ccc2n1-c1ccc(F)cc1)C(=O)Nc1ccc2c(c1)OCO2. The molecule has 1 aliphatic heterocycles. The van der Waals surface area contributed by atoms with Crippen molar-refractivity contribution in [1.29, 1.82) is 0 Å². The highest BCUT2D eigenvalue weighted by Gasteiger charge is 2.22. The van der Waals surface area contributed by atoms with Crippen LogP contribution in [0.5, 0.6) is 11.5 Å². The second kappa shape index (κ2) is 8.67. The quantitative estimate of drug-likeness (QED) is 0.237. The summed E-state index contributed by atoms with van der Waals surface area (Å²) in [6, 6.07) is 15.3. The molecule has 1 aliphatic rings. The predicted octanol–water partition coefficient (Wildman–Crippen LogP) is 4.92. The van der Waals surface area contributed by atoms with Crippen LogP contribution in [0, 0.1) is 15.9 Å². The highest BCUT2D eigenvalue weighted by molar-refractivity contribution is 8.00. The zero-order valence-corrected chi connectivity index (χ0v) is 18.5. The molecule has 0 bridgehead atoms. The van der Waals surface area contributed by atoms with E-state index in [0.717, 1.165) is 0 Å². The van der Waals surface area contributed by atoms with Crippen molar-refractivity contribution < 1.29 is 23.6 Å². The summed E-state index contributed by atoms with van der Waals surface area (Å²) in [4.78, 5) is 28.1. The van der Waals surface area contributed by atoms with Gasteiger partial charge < -0.3 is 14.8 Å². The lowest BCUT2D eigenvalue weighted by Crippen LogP contribution is -2.22. The molecule has 1 atom stereocenters. The lowest BCUT2D eigenvalue weighted by molar-refractivity contribution is -0.384. The zero-order chi connectivity index (χ0) is 23.8. The maximum Gasteiger partial charge on any atom is 0.271 e. The van der Waals surface area contributed by atoms with E-state index in [9.17, 15) is 19.3 Å². The number of nitro groups is 1. The molecule has 0 fully saturated rings. The van der Waals surface area contributed by atoms with E-state index < -0.39 is 16.0 Å². The first kappa shape index (κ1) is 21.7. The summed E-state index contributed by atoms with van der Waals surface area (Å²) in [5.74, 6) is 0.502. The van der Waals surface area contributed by atoms with Gasteiger partial charge in [-0.15, -0.1) is 0 Å². The minimum Gasteiger partial charge on any atom is -0.454 e. The lowest BCUT2D eigenvalue weighted by Gasteiger charge is -2.14. The maximum atomic E-state index is 13.5. The summed E-state index contributed by atoms with van der Waals surface area (Å²) in [5, 5.41) is 13.9. The highest BCUT2D eigenvalue weighted by atomic mass is 32.2. The van der Waals surface area contributed by atoms with Gasteiger partial charge in [0.05, 0.1) is 21.2 Å². The van der Waals surface area contributed by atoms with Gasteiger partial charge in [0.15, 0.2) is 16.7 Å².